The standard InChI is InChI=1S/C18H22ClN3OS/c1-3-4-9-22-18(19)15(13(2)20-22)5-6-17(23)21-10-7-16-14(12-21)8-11-24-16/h5-6,8,11H,3-4,7,9-10,12H2,1-2H3/b6-5+. The highest BCUT2D eigenvalue weighted by molar-refractivity contribution is 7.10. The van der Waals surface area contributed by atoms with Gasteiger partial charge in [0.2, 0.25) is 5.91 Å². The highest BCUT2D eigenvalue weighted by atomic mass is 35.5. The van der Waals surface area contributed by atoms with Gasteiger partial charge in [-0.05, 0) is 42.9 Å². The maximum atomic E-state index is 12.5. The summed E-state index contributed by atoms with van der Waals surface area (Å²) in [7, 11) is 0. The summed E-state index contributed by atoms with van der Waals surface area (Å²) in [6.07, 6.45) is 6.51. The molecule has 3 rings (SSSR count). The number of hydrogen-bond donors (Lipinski definition) is 0. The minimum Gasteiger partial charge on any atom is -0.334 e. The molecule has 128 valence electrons. The number of aryl methyl sites for hydroxylation is 2. The first kappa shape index (κ1) is 17.2. The summed E-state index contributed by atoms with van der Waals surface area (Å²) in [6, 6.07) is 2.11. The molecule has 0 radical (unpaired) electrons. The predicted octanol–water partition coefficient (Wildman–Crippen LogP) is 4.30. The van der Waals surface area contributed by atoms with E-state index in [1.807, 2.05) is 16.5 Å². The lowest BCUT2D eigenvalue weighted by atomic mass is 10.1. The third kappa shape index (κ3) is 3.57. The fourth-order valence-electron chi connectivity index (χ4n) is 2.91. The molecule has 0 bridgehead atoms. The number of fused-ring (bicyclic) bond motifs is 1. The molecule has 0 fully saturated rings. The summed E-state index contributed by atoms with van der Waals surface area (Å²) >= 11 is 8.19. The average molecular weight is 364 g/mol. The van der Waals surface area contributed by atoms with E-state index >= 15 is 0 Å². The van der Waals surface area contributed by atoms with Gasteiger partial charge >= 0.3 is 0 Å². The Morgan fingerprint density at radius 2 is 2.33 bits per heavy atom. The maximum absolute atomic E-state index is 12.5. The van der Waals surface area contributed by atoms with Crippen LogP contribution in [0.5, 0.6) is 0 Å². The first-order valence-electron chi connectivity index (χ1n) is 8.35. The molecule has 0 aliphatic carbocycles. The number of aromatic nitrogens is 2. The summed E-state index contributed by atoms with van der Waals surface area (Å²) in [4.78, 5) is 15.8. The highest BCUT2D eigenvalue weighted by Gasteiger charge is 2.20. The molecular formula is C18H22ClN3OS. The van der Waals surface area contributed by atoms with Crippen molar-refractivity contribution in [2.75, 3.05) is 6.54 Å². The van der Waals surface area contributed by atoms with Gasteiger partial charge in [0, 0.05) is 36.2 Å². The number of rotatable bonds is 5. The summed E-state index contributed by atoms with van der Waals surface area (Å²) in [5.41, 5.74) is 2.97. The Morgan fingerprint density at radius 1 is 1.50 bits per heavy atom. The Bertz CT molecular complexity index is 762. The van der Waals surface area contributed by atoms with Crippen molar-refractivity contribution in [3.05, 3.63) is 44.4 Å². The van der Waals surface area contributed by atoms with E-state index in [1.165, 1.54) is 10.4 Å². The van der Waals surface area contributed by atoms with E-state index in [1.54, 1.807) is 23.5 Å². The molecule has 4 nitrogen and oxygen atoms in total. The van der Waals surface area contributed by atoms with Crippen molar-refractivity contribution in [3.8, 4) is 0 Å². The average Bonchev–Trinajstić information content (AvgIpc) is 3.15. The lowest BCUT2D eigenvalue weighted by molar-refractivity contribution is -0.126. The first-order valence-corrected chi connectivity index (χ1v) is 9.61. The molecule has 0 unspecified atom stereocenters. The van der Waals surface area contributed by atoms with Crippen LogP contribution >= 0.6 is 22.9 Å². The second kappa shape index (κ2) is 7.53. The van der Waals surface area contributed by atoms with Gasteiger partial charge in [-0.15, -0.1) is 11.3 Å². The Kier molecular flexibility index (Phi) is 5.41. The van der Waals surface area contributed by atoms with Crippen LogP contribution in [0.3, 0.4) is 0 Å². The Balaban J connectivity index is 1.70. The van der Waals surface area contributed by atoms with E-state index in [0.29, 0.717) is 11.7 Å². The zero-order chi connectivity index (χ0) is 17.1. The van der Waals surface area contributed by atoms with Gasteiger partial charge in [0.25, 0.3) is 0 Å². The largest absolute Gasteiger partial charge is 0.334 e. The number of thiophene rings is 1. The van der Waals surface area contributed by atoms with Crippen LogP contribution < -0.4 is 0 Å². The van der Waals surface area contributed by atoms with Crippen molar-refractivity contribution >= 4 is 34.9 Å². The third-order valence-electron chi connectivity index (χ3n) is 4.34. The summed E-state index contributed by atoms with van der Waals surface area (Å²) in [5.74, 6) is 0.0311. The first-order chi connectivity index (χ1) is 11.6. The number of amides is 1. The third-order valence-corrected chi connectivity index (χ3v) is 5.77. The molecule has 2 aromatic rings. The Labute approximate surface area is 151 Å². The van der Waals surface area contributed by atoms with Gasteiger partial charge < -0.3 is 4.90 Å². The Hall–Kier alpha value is -1.59. The number of halogens is 1. The van der Waals surface area contributed by atoms with Crippen molar-refractivity contribution in [3.63, 3.8) is 0 Å². The maximum Gasteiger partial charge on any atom is 0.246 e. The molecule has 0 N–H and O–H groups in total. The Morgan fingerprint density at radius 3 is 3.12 bits per heavy atom. The van der Waals surface area contributed by atoms with Crippen LogP contribution in [0.2, 0.25) is 5.15 Å². The van der Waals surface area contributed by atoms with Crippen molar-refractivity contribution in [1.82, 2.24) is 14.7 Å². The van der Waals surface area contributed by atoms with E-state index in [9.17, 15) is 4.79 Å². The number of unbranched alkanes of at least 4 members (excludes halogenated alkanes) is 1. The van der Waals surface area contributed by atoms with E-state index in [2.05, 4.69) is 23.5 Å². The molecule has 0 saturated heterocycles. The van der Waals surface area contributed by atoms with Crippen LogP contribution in [0.1, 0.15) is 41.5 Å². The molecule has 1 amide bonds. The van der Waals surface area contributed by atoms with Crippen LogP contribution in [-0.2, 0) is 24.3 Å². The van der Waals surface area contributed by atoms with Crippen molar-refractivity contribution < 1.29 is 4.79 Å². The normalized spacial score (nSPS) is 14.4. The lowest BCUT2D eigenvalue weighted by Crippen LogP contribution is -2.34. The molecular weight excluding hydrogens is 342 g/mol. The van der Waals surface area contributed by atoms with Gasteiger partial charge in [-0.25, -0.2) is 0 Å². The number of nitrogens with zero attached hydrogens (tertiary/aromatic N) is 3. The van der Waals surface area contributed by atoms with Crippen molar-refractivity contribution in [2.24, 2.45) is 0 Å². The lowest BCUT2D eigenvalue weighted by Gasteiger charge is -2.25. The fourth-order valence-corrected chi connectivity index (χ4v) is 4.12. The van der Waals surface area contributed by atoms with E-state index in [0.717, 1.165) is 43.6 Å². The fraction of sp³-hybridized carbons (Fsp3) is 0.444. The van der Waals surface area contributed by atoms with Crippen molar-refractivity contribution in [2.45, 2.75) is 46.2 Å². The smallest absolute Gasteiger partial charge is 0.246 e. The van der Waals surface area contributed by atoms with Crippen LogP contribution in [0.4, 0.5) is 0 Å². The SMILES string of the molecule is CCCCn1nc(C)c(/C=C/C(=O)N2CCc3sccc3C2)c1Cl. The molecule has 24 heavy (non-hydrogen) atoms. The van der Waals surface area contributed by atoms with E-state index < -0.39 is 0 Å². The summed E-state index contributed by atoms with van der Waals surface area (Å²) in [6.45, 7) is 6.35. The zero-order valence-corrected chi connectivity index (χ0v) is 15.7. The van der Waals surface area contributed by atoms with Crippen LogP contribution in [0, 0.1) is 6.92 Å². The number of carbonyl (C=O) groups excluding carboxylic acids is 1. The topological polar surface area (TPSA) is 38.1 Å². The minimum absolute atomic E-state index is 0.0311. The summed E-state index contributed by atoms with van der Waals surface area (Å²) in [5, 5.41) is 7.19. The molecule has 1 aliphatic rings. The van der Waals surface area contributed by atoms with Gasteiger partial charge in [0.05, 0.1) is 5.69 Å². The van der Waals surface area contributed by atoms with Gasteiger partial charge in [0.15, 0.2) is 0 Å². The van der Waals surface area contributed by atoms with Gasteiger partial charge in [-0.3, -0.25) is 9.48 Å². The molecule has 3 heterocycles. The second-order valence-corrected chi connectivity index (χ2v) is 7.44. The molecule has 0 aromatic carbocycles. The minimum atomic E-state index is 0.0311. The number of hydrogen-bond acceptors (Lipinski definition) is 3. The monoisotopic (exact) mass is 363 g/mol. The van der Waals surface area contributed by atoms with Crippen LogP contribution in [0.15, 0.2) is 17.5 Å². The molecule has 0 saturated carbocycles. The number of carbonyl (C=O) groups is 1. The van der Waals surface area contributed by atoms with Crippen LogP contribution in [-0.4, -0.2) is 27.1 Å². The predicted molar refractivity (Wildman–Crippen MR) is 99.4 cm³/mol. The second-order valence-electron chi connectivity index (χ2n) is 6.08. The quantitative estimate of drug-likeness (QED) is 0.742. The van der Waals surface area contributed by atoms with Crippen LogP contribution in [0.25, 0.3) is 6.08 Å². The summed E-state index contributed by atoms with van der Waals surface area (Å²) < 4.78 is 1.82. The zero-order valence-electron chi connectivity index (χ0n) is 14.1. The molecule has 2 aromatic heterocycles. The highest BCUT2D eigenvalue weighted by Crippen LogP contribution is 2.25. The molecule has 6 heteroatoms. The van der Waals surface area contributed by atoms with Gasteiger partial charge in [-0.2, -0.15) is 5.10 Å². The molecule has 0 spiro atoms. The van der Waals surface area contributed by atoms with Gasteiger partial charge in [-0.1, -0.05) is 24.9 Å². The van der Waals surface area contributed by atoms with E-state index in [4.69, 9.17) is 11.6 Å². The molecule has 1 aliphatic heterocycles. The van der Waals surface area contributed by atoms with Gasteiger partial charge in [0.1, 0.15) is 5.15 Å². The molecule has 0 atom stereocenters. The van der Waals surface area contributed by atoms with Crippen molar-refractivity contribution in [1.29, 1.82) is 0 Å². The van der Waals surface area contributed by atoms with E-state index in [-0.39, 0.29) is 5.91 Å².